The maximum Gasteiger partial charge on any atom is 0.264 e. The Morgan fingerprint density at radius 3 is 2.18 bits per heavy atom. The molecule has 38 heavy (non-hydrogen) atoms. The van der Waals surface area contributed by atoms with E-state index in [2.05, 4.69) is 21.2 Å². The third-order valence-electron chi connectivity index (χ3n) is 5.98. The summed E-state index contributed by atoms with van der Waals surface area (Å²) in [5, 5.41) is 2.90. The molecule has 2 amide bonds. The first-order chi connectivity index (χ1) is 18.0. The third-order valence-corrected chi connectivity index (χ3v) is 8.29. The summed E-state index contributed by atoms with van der Waals surface area (Å²) in [5.74, 6) is -0.746. The predicted molar refractivity (Wildman–Crippen MR) is 154 cm³/mol. The highest BCUT2D eigenvalue weighted by Crippen LogP contribution is 2.26. The molecular weight excluding hydrogens is 566 g/mol. The molecule has 1 N–H and O–H groups in total. The highest BCUT2D eigenvalue weighted by molar-refractivity contribution is 9.10. The van der Waals surface area contributed by atoms with Crippen LogP contribution in [0.1, 0.15) is 38.3 Å². The molecule has 7 nitrogen and oxygen atoms in total. The van der Waals surface area contributed by atoms with E-state index in [1.54, 1.807) is 42.5 Å². The van der Waals surface area contributed by atoms with Crippen molar-refractivity contribution < 1.29 is 18.0 Å². The van der Waals surface area contributed by atoms with E-state index in [1.807, 2.05) is 52.0 Å². The van der Waals surface area contributed by atoms with Crippen LogP contribution in [0.5, 0.6) is 0 Å². The van der Waals surface area contributed by atoms with Crippen molar-refractivity contribution in [2.75, 3.05) is 10.8 Å². The van der Waals surface area contributed by atoms with Gasteiger partial charge in [0.25, 0.3) is 10.0 Å². The first kappa shape index (κ1) is 29.4. The lowest BCUT2D eigenvalue weighted by Gasteiger charge is -2.33. The van der Waals surface area contributed by atoms with E-state index in [0.29, 0.717) is 12.1 Å². The zero-order valence-corrected chi connectivity index (χ0v) is 24.5. The average molecular weight is 601 g/mol. The van der Waals surface area contributed by atoms with E-state index in [-0.39, 0.29) is 23.4 Å². The van der Waals surface area contributed by atoms with E-state index in [4.69, 9.17) is 0 Å². The van der Waals surface area contributed by atoms with Crippen LogP contribution in [-0.2, 0) is 26.2 Å². The van der Waals surface area contributed by atoms with Gasteiger partial charge in [-0.3, -0.25) is 13.9 Å². The van der Waals surface area contributed by atoms with Crippen LogP contribution in [0, 0.1) is 6.92 Å². The summed E-state index contributed by atoms with van der Waals surface area (Å²) in [6.45, 7) is 7.23. The number of carbonyl (C=O) groups excluding carboxylic acids is 2. The molecule has 0 unspecified atom stereocenters. The normalized spacial score (nSPS) is 12.2. The molecule has 0 bridgehead atoms. The number of nitrogens with one attached hydrogen (secondary N) is 1. The minimum absolute atomic E-state index is 0.0746. The molecule has 0 saturated heterocycles. The molecule has 0 aliphatic carbocycles. The lowest BCUT2D eigenvalue weighted by Crippen LogP contribution is -2.53. The van der Waals surface area contributed by atoms with Gasteiger partial charge in [-0.15, -0.1) is 0 Å². The van der Waals surface area contributed by atoms with E-state index >= 15 is 0 Å². The number of halogens is 1. The Balaban J connectivity index is 2.05. The van der Waals surface area contributed by atoms with E-state index < -0.39 is 28.5 Å². The zero-order valence-electron chi connectivity index (χ0n) is 22.1. The number of hydrogen-bond acceptors (Lipinski definition) is 4. The smallest absolute Gasteiger partial charge is 0.264 e. The molecule has 0 aliphatic heterocycles. The second-order valence-electron chi connectivity index (χ2n) is 9.40. The number of hydrogen-bond donors (Lipinski definition) is 1. The largest absolute Gasteiger partial charge is 0.352 e. The quantitative estimate of drug-likeness (QED) is 0.324. The molecule has 9 heteroatoms. The van der Waals surface area contributed by atoms with Crippen LogP contribution in [0.2, 0.25) is 0 Å². The summed E-state index contributed by atoms with van der Waals surface area (Å²) in [5.41, 5.74) is 2.23. The third kappa shape index (κ3) is 7.45. The molecule has 1 atom stereocenters. The van der Waals surface area contributed by atoms with Crippen molar-refractivity contribution >= 4 is 43.5 Å². The van der Waals surface area contributed by atoms with Crippen LogP contribution >= 0.6 is 15.9 Å². The molecule has 3 aromatic carbocycles. The summed E-state index contributed by atoms with van der Waals surface area (Å²) in [4.78, 5) is 28.7. The maximum absolute atomic E-state index is 14.0. The fourth-order valence-corrected chi connectivity index (χ4v) is 5.86. The summed E-state index contributed by atoms with van der Waals surface area (Å²) in [7, 11) is -4.08. The fourth-order valence-electron chi connectivity index (χ4n) is 4.16. The number of benzene rings is 3. The lowest BCUT2D eigenvalue weighted by molar-refractivity contribution is -0.140. The van der Waals surface area contributed by atoms with E-state index in [9.17, 15) is 18.0 Å². The molecule has 0 heterocycles. The number of rotatable bonds is 11. The van der Waals surface area contributed by atoms with Crippen LogP contribution in [0.3, 0.4) is 0 Å². The van der Waals surface area contributed by atoms with Crippen molar-refractivity contribution in [1.82, 2.24) is 10.2 Å². The van der Waals surface area contributed by atoms with Gasteiger partial charge in [0.2, 0.25) is 11.8 Å². The highest BCUT2D eigenvalue weighted by Gasteiger charge is 2.33. The van der Waals surface area contributed by atoms with Gasteiger partial charge in [-0.25, -0.2) is 8.42 Å². The lowest BCUT2D eigenvalue weighted by atomic mass is 10.1. The summed E-state index contributed by atoms with van der Waals surface area (Å²) in [6.07, 6.45) is 0.375. The molecule has 3 aromatic rings. The number of amides is 2. The van der Waals surface area contributed by atoms with Crippen LogP contribution in [0.25, 0.3) is 0 Å². The SMILES string of the molecule is CC[C@@H](C(=O)NC(C)C)N(Cc1cccc(C)c1)C(=O)CN(c1ccc(Br)cc1)S(=O)(=O)c1ccccc1. The van der Waals surface area contributed by atoms with Gasteiger partial charge in [-0.2, -0.15) is 0 Å². The van der Waals surface area contributed by atoms with E-state index in [0.717, 1.165) is 19.9 Å². The Bertz CT molecular complexity index is 1350. The van der Waals surface area contributed by atoms with Crippen molar-refractivity contribution in [3.63, 3.8) is 0 Å². The van der Waals surface area contributed by atoms with Crippen molar-refractivity contribution in [1.29, 1.82) is 0 Å². The highest BCUT2D eigenvalue weighted by atomic mass is 79.9. The Morgan fingerprint density at radius 2 is 1.61 bits per heavy atom. The Labute approximate surface area is 234 Å². The average Bonchev–Trinajstić information content (AvgIpc) is 2.87. The zero-order chi connectivity index (χ0) is 27.9. The number of sulfonamides is 1. The Morgan fingerprint density at radius 1 is 0.947 bits per heavy atom. The van der Waals surface area contributed by atoms with Gasteiger partial charge in [-0.05, 0) is 69.2 Å². The second-order valence-corrected chi connectivity index (χ2v) is 12.2. The minimum Gasteiger partial charge on any atom is -0.352 e. The molecule has 0 aromatic heterocycles. The van der Waals surface area contributed by atoms with Crippen LogP contribution < -0.4 is 9.62 Å². The molecule has 0 radical (unpaired) electrons. The first-order valence-corrected chi connectivity index (χ1v) is 14.7. The number of aryl methyl sites for hydroxylation is 1. The van der Waals surface area contributed by atoms with Crippen LogP contribution in [0.15, 0.2) is 88.2 Å². The number of anilines is 1. The van der Waals surface area contributed by atoms with Gasteiger partial charge in [0, 0.05) is 17.1 Å². The fraction of sp³-hybridized carbons (Fsp3) is 0.310. The van der Waals surface area contributed by atoms with Gasteiger partial charge in [0.15, 0.2) is 0 Å². The molecule has 0 fully saturated rings. The molecule has 3 rings (SSSR count). The van der Waals surface area contributed by atoms with Crippen molar-refractivity contribution in [2.45, 2.75) is 57.6 Å². The van der Waals surface area contributed by atoms with Crippen molar-refractivity contribution in [3.05, 3.63) is 94.5 Å². The van der Waals surface area contributed by atoms with Crippen LogP contribution in [0.4, 0.5) is 5.69 Å². The summed E-state index contributed by atoms with van der Waals surface area (Å²) < 4.78 is 29.4. The maximum atomic E-state index is 14.0. The number of carbonyl (C=O) groups is 2. The van der Waals surface area contributed by atoms with Crippen LogP contribution in [-0.4, -0.2) is 43.8 Å². The van der Waals surface area contributed by atoms with E-state index in [1.165, 1.54) is 17.0 Å². The van der Waals surface area contributed by atoms with Crippen molar-refractivity contribution in [2.24, 2.45) is 0 Å². The van der Waals surface area contributed by atoms with Gasteiger partial charge in [-0.1, -0.05) is 70.9 Å². The monoisotopic (exact) mass is 599 g/mol. The predicted octanol–water partition coefficient (Wildman–Crippen LogP) is 5.28. The summed E-state index contributed by atoms with van der Waals surface area (Å²) >= 11 is 3.38. The Hall–Kier alpha value is -3.17. The Kier molecular flexibility index (Phi) is 10.1. The van der Waals surface area contributed by atoms with Gasteiger partial charge >= 0.3 is 0 Å². The molecule has 202 valence electrons. The molecular formula is C29H34BrN3O4S. The summed E-state index contributed by atoms with van der Waals surface area (Å²) in [6, 6.07) is 21.6. The number of nitrogens with zero attached hydrogens (tertiary/aromatic N) is 2. The van der Waals surface area contributed by atoms with Gasteiger partial charge in [0.05, 0.1) is 10.6 Å². The molecule has 0 aliphatic rings. The van der Waals surface area contributed by atoms with Crippen molar-refractivity contribution in [3.8, 4) is 0 Å². The molecule has 0 saturated carbocycles. The van der Waals surface area contributed by atoms with Gasteiger partial charge in [0.1, 0.15) is 12.6 Å². The van der Waals surface area contributed by atoms with Gasteiger partial charge < -0.3 is 10.2 Å². The first-order valence-electron chi connectivity index (χ1n) is 12.5. The second kappa shape index (κ2) is 13.1. The molecule has 0 spiro atoms. The topological polar surface area (TPSA) is 86.8 Å². The standard InChI is InChI=1S/C29H34BrN3O4S/c1-5-27(29(35)31-21(2)3)32(19-23-11-9-10-22(4)18-23)28(34)20-33(25-16-14-24(30)15-17-25)38(36,37)26-12-7-6-8-13-26/h6-18,21,27H,5,19-20H2,1-4H3,(H,31,35)/t27-/m0/s1. The minimum atomic E-state index is -4.08.